The molecule has 4 nitrogen and oxygen atoms in total. The summed E-state index contributed by atoms with van der Waals surface area (Å²) in [5, 5.41) is 19.0. The molecular weight excluding hydrogens is 192 g/mol. The number of aromatic nitrogens is 2. The van der Waals surface area contributed by atoms with Gasteiger partial charge < -0.3 is 14.8 Å². The van der Waals surface area contributed by atoms with Gasteiger partial charge in [-0.3, -0.25) is 0 Å². The number of rotatable bonds is 0. The molecule has 2 rings (SSSR count). The minimum absolute atomic E-state index is 0.174. The SMILES string of the molecule is Cn1c(Cl)nc2ccc(O)c(O)c21. The van der Waals surface area contributed by atoms with Crippen molar-refractivity contribution in [2.45, 2.75) is 0 Å². The van der Waals surface area contributed by atoms with Crippen LogP contribution in [0.4, 0.5) is 0 Å². The van der Waals surface area contributed by atoms with Crippen molar-refractivity contribution in [1.29, 1.82) is 0 Å². The molecule has 0 aliphatic carbocycles. The first kappa shape index (κ1) is 8.19. The summed E-state index contributed by atoms with van der Waals surface area (Å²) in [4.78, 5) is 3.97. The van der Waals surface area contributed by atoms with Gasteiger partial charge in [-0.1, -0.05) is 0 Å². The van der Waals surface area contributed by atoms with Gasteiger partial charge in [0.15, 0.2) is 11.5 Å². The summed E-state index contributed by atoms with van der Waals surface area (Å²) in [5.41, 5.74) is 0.993. The van der Waals surface area contributed by atoms with E-state index in [1.54, 1.807) is 13.1 Å². The van der Waals surface area contributed by atoms with Crippen molar-refractivity contribution >= 4 is 22.6 Å². The van der Waals surface area contributed by atoms with Crippen LogP contribution in [0.3, 0.4) is 0 Å². The largest absolute Gasteiger partial charge is 0.504 e. The third-order valence-corrected chi connectivity index (χ3v) is 2.27. The van der Waals surface area contributed by atoms with E-state index in [1.807, 2.05) is 0 Å². The predicted molar refractivity (Wildman–Crippen MR) is 49.1 cm³/mol. The smallest absolute Gasteiger partial charge is 0.203 e. The van der Waals surface area contributed by atoms with Crippen LogP contribution in [0.2, 0.25) is 5.28 Å². The Bertz CT molecular complexity index is 478. The van der Waals surface area contributed by atoms with E-state index < -0.39 is 0 Å². The molecule has 0 radical (unpaired) electrons. The number of nitrogens with zero attached hydrogens (tertiary/aromatic N) is 2. The van der Waals surface area contributed by atoms with Crippen molar-refractivity contribution in [2.75, 3.05) is 0 Å². The van der Waals surface area contributed by atoms with E-state index in [0.717, 1.165) is 0 Å². The van der Waals surface area contributed by atoms with Gasteiger partial charge in [0.1, 0.15) is 5.52 Å². The number of phenolic OH excluding ortho intramolecular Hbond substituents is 2. The lowest BCUT2D eigenvalue weighted by Gasteiger charge is -2.00. The number of hydrogen-bond donors (Lipinski definition) is 2. The van der Waals surface area contributed by atoms with E-state index in [-0.39, 0.29) is 16.8 Å². The fourth-order valence-electron chi connectivity index (χ4n) is 1.25. The zero-order valence-corrected chi connectivity index (χ0v) is 7.58. The van der Waals surface area contributed by atoms with Crippen LogP contribution in [0.25, 0.3) is 11.0 Å². The maximum absolute atomic E-state index is 9.48. The summed E-state index contributed by atoms with van der Waals surface area (Å²) >= 11 is 5.74. The Hall–Kier alpha value is -1.42. The number of hydrogen-bond acceptors (Lipinski definition) is 3. The van der Waals surface area contributed by atoms with Crippen LogP contribution in [0.5, 0.6) is 11.5 Å². The van der Waals surface area contributed by atoms with Crippen LogP contribution in [-0.2, 0) is 7.05 Å². The molecule has 13 heavy (non-hydrogen) atoms. The molecule has 0 amide bonds. The van der Waals surface area contributed by atoms with Gasteiger partial charge in [-0.15, -0.1) is 0 Å². The van der Waals surface area contributed by atoms with Crippen LogP contribution in [0.1, 0.15) is 0 Å². The lowest BCUT2D eigenvalue weighted by atomic mass is 10.2. The molecule has 0 aliphatic rings. The third-order valence-electron chi connectivity index (χ3n) is 1.93. The lowest BCUT2D eigenvalue weighted by molar-refractivity contribution is 0.406. The number of phenols is 2. The Morgan fingerprint density at radius 2 is 2.08 bits per heavy atom. The molecule has 2 aromatic rings. The minimum atomic E-state index is -0.195. The zero-order chi connectivity index (χ0) is 9.59. The van der Waals surface area contributed by atoms with Gasteiger partial charge in [0.25, 0.3) is 0 Å². The minimum Gasteiger partial charge on any atom is -0.504 e. The number of aryl methyl sites for hydroxylation is 1. The normalized spacial score (nSPS) is 10.9. The Balaban J connectivity index is 2.97. The highest BCUT2D eigenvalue weighted by molar-refractivity contribution is 6.29. The molecule has 2 N–H and O–H groups in total. The summed E-state index contributed by atoms with van der Waals surface area (Å²) in [7, 11) is 1.66. The number of halogens is 1. The molecule has 68 valence electrons. The highest BCUT2D eigenvalue weighted by Crippen LogP contribution is 2.34. The first-order chi connectivity index (χ1) is 6.11. The van der Waals surface area contributed by atoms with Crippen LogP contribution >= 0.6 is 11.6 Å². The first-order valence-corrected chi connectivity index (χ1v) is 4.02. The van der Waals surface area contributed by atoms with Crippen molar-refractivity contribution < 1.29 is 10.2 Å². The molecule has 0 atom stereocenters. The third kappa shape index (κ3) is 1.02. The number of fused-ring (bicyclic) bond motifs is 1. The number of benzene rings is 1. The van der Waals surface area contributed by atoms with Crippen LogP contribution in [0, 0.1) is 0 Å². The summed E-state index contributed by atoms with van der Waals surface area (Å²) in [5.74, 6) is -0.369. The van der Waals surface area contributed by atoms with Crippen molar-refractivity contribution in [1.82, 2.24) is 9.55 Å². The molecule has 0 saturated carbocycles. The monoisotopic (exact) mass is 198 g/mol. The Kier molecular flexibility index (Phi) is 1.60. The number of aromatic hydroxyl groups is 2. The van der Waals surface area contributed by atoms with Crippen molar-refractivity contribution in [2.24, 2.45) is 7.05 Å². The van der Waals surface area contributed by atoms with Crippen molar-refractivity contribution in [3.63, 3.8) is 0 Å². The van der Waals surface area contributed by atoms with E-state index >= 15 is 0 Å². The zero-order valence-electron chi connectivity index (χ0n) is 6.82. The Morgan fingerprint density at radius 3 is 2.77 bits per heavy atom. The molecule has 5 heteroatoms. The molecule has 0 unspecified atom stereocenters. The summed E-state index contributed by atoms with van der Waals surface area (Å²) in [6.07, 6.45) is 0. The second-order valence-corrected chi connectivity index (χ2v) is 3.08. The van der Waals surface area contributed by atoms with E-state index in [4.69, 9.17) is 11.6 Å². The van der Waals surface area contributed by atoms with E-state index in [1.165, 1.54) is 10.6 Å². The fourth-order valence-corrected chi connectivity index (χ4v) is 1.42. The second kappa shape index (κ2) is 2.53. The average molecular weight is 199 g/mol. The molecule has 1 heterocycles. The van der Waals surface area contributed by atoms with Gasteiger partial charge in [0.2, 0.25) is 5.28 Å². The van der Waals surface area contributed by atoms with Gasteiger partial charge in [-0.25, -0.2) is 4.98 Å². The Labute approximate surface area is 79.0 Å². The van der Waals surface area contributed by atoms with E-state index in [2.05, 4.69) is 4.98 Å². The lowest BCUT2D eigenvalue weighted by Crippen LogP contribution is -1.86. The molecule has 0 aliphatic heterocycles. The second-order valence-electron chi connectivity index (χ2n) is 2.74. The molecule has 0 bridgehead atoms. The fraction of sp³-hybridized carbons (Fsp3) is 0.125. The Morgan fingerprint density at radius 1 is 1.38 bits per heavy atom. The van der Waals surface area contributed by atoms with Gasteiger partial charge in [0, 0.05) is 7.05 Å². The molecule has 1 aromatic carbocycles. The first-order valence-electron chi connectivity index (χ1n) is 3.64. The molecular formula is C8H7ClN2O2. The average Bonchev–Trinajstić information content (AvgIpc) is 2.37. The van der Waals surface area contributed by atoms with Crippen molar-refractivity contribution in [3.05, 3.63) is 17.4 Å². The summed E-state index contributed by atoms with van der Waals surface area (Å²) in [6.45, 7) is 0. The molecule has 0 spiro atoms. The quantitative estimate of drug-likeness (QED) is 0.633. The van der Waals surface area contributed by atoms with Gasteiger partial charge in [0.05, 0.1) is 5.52 Å². The highest BCUT2D eigenvalue weighted by Gasteiger charge is 2.12. The van der Waals surface area contributed by atoms with Crippen LogP contribution in [-0.4, -0.2) is 19.8 Å². The molecule has 0 fully saturated rings. The van der Waals surface area contributed by atoms with E-state index in [0.29, 0.717) is 11.0 Å². The van der Waals surface area contributed by atoms with E-state index in [9.17, 15) is 10.2 Å². The van der Waals surface area contributed by atoms with Crippen LogP contribution in [0.15, 0.2) is 12.1 Å². The maximum atomic E-state index is 9.48. The number of imidazole rings is 1. The standard InChI is InChI=1S/C8H7ClN2O2/c1-11-6-4(10-8(11)9)2-3-5(12)7(6)13/h2-3,12-13H,1H3. The van der Waals surface area contributed by atoms with Crippen molar-refractivity contribution in [3.8, 4) is 11.5 Å². The topological polar surface area (TPSA) is 58.3 Å². The van der Waals surface area contributed by atoms with Gasteiger partial charge in [-0.05, 0) is 23.7 Å². The predicted octanol–water partition coefficient (Wildman–Crippen LogP) is 1.64. The molecule has 0 saturated heterocycles. The highest BCUT2D eigenvalue weighted by atomic mass is 35.5. The molecule has 1 aromatic heterocycles. The van der Waals surface area contributed by atoms with Gasteiger partial charge in [-0.2, -0.15) is 0 Å². The summed E-state index contributed by atoms with van der Waals surface area (Å²) in [6, 6.07) is 2.97. The van der Waals surface area contributed by atoms with Crippen LogP contribution < -0.4 is 0 Å². The summed E-state index contributed by atoms with van der Waals surface area (Å²) < 4.78 is 1.51. The van der Waals surface area contributed by atoms with Gasteiger partial charge >= 0.3 is 0 Å². The maximum Gasteiger partial charge on any atom is 0.203 e.